The molecule has 0 aliphatic carbocycles. The molecule has 1 heterocycles. The smallest absolute Gasteiger partial charge is 0.0414 e. The van der Waals surface area contributed by atoms with Gasteiger partial charge in [-0.3, -0.25) is 0 Å². The molecule has 12 heavy (non-hydrogen) atoms. The lowest BCUT2D eigenvalue weighted by Crippen LogP contribution is -2.19. The van der Waals surface area contributed by atoms with E-state index in [0.29, 0.717) is 6.04 Å². The number of rotatable bonds is 5. The molecule has 1 rings (SSSR count). The largest absolute Gasteiger partial charge is 0.306 e. The van der Waals surface area contributed by atoms with E-state index in [9.17, 15) is 0 Å². The summed E-state index contributed by atoms with van der Waals surface area (Å²) in [6, 6.07) is 4.77. The van der Waals surface area contributed by atoms with Gasteiger partial charge in [0.05, 0.1) is 0 Å². The molecule has 0 bridgehead atoms. The minimum absolute atomic E-state index is 0.503. The molecule has 0 saturated heterocycles. The van der Waals surface area contributed by atoms with Crippen LogP contribution >= 0.6 is 11.3 Å². The first kappa shape index (κ1) is 9.49. The van der Waals surface area contributed by atoms with Crippen LogP contribution in [0.2, 0.25) is 0 Å². The summed E-state index contributed by atoms with van der Waals surface area (Å²) < 4.78 is 0. The SMILES string of the molecule is C=CCNC(CC)c1cccs1. The zero-order valence-corrected chi connectivity index (χ0v) is 8.23. The second-order valence-electron chi connectivity index (χ2n) is 2.67. The molecule has 1 unspecified atom stereocenters. The van der Waals surface area contributed by atoms with Gasteiger partial charge in [0.2, 0.25) is 0 Å². The summed E-state index contributed by atoms with van der Waals surface area (Å²) in [6.07, 6.45) is 3.03. The zero-order valence-electron chi connectivity index (χ0n) is 7.42. The number of hydrogen-bond acceptors (Lipinski definition) is 2. The Bertz CT molecular complexity index is 216. The summed E-state index contributed by atoms with van der Waals surface area (Å²) in [6.45, 7) is 6.77. The van der Waals surface area contributed by atoms with Crippen LogP contribution in [0.5, 0.6) is 0 Å². The molecule has 2 heteroatoms. The van der Waals surface area contributed by atoms with Crippen LogP contribution in [0.15, 0.2) is 30.2 Å². The minimum Gasteiger partial charge on any atom is -0.306 e. The topological polar surface area (TPSA) is 12.0 Å². The van der Waals surface area contributed by atoms with Crippen LogP contribution in [0, 0.1) is 0 Å². The monoisotopic (exact) mass is 181 g/mol. The molecule has 1 atom stereocenters. The Morgan fingerprint density at radius 3 is 3.08 bits per heavy atom. The van der Waals surface area contributed by atoms with Crippen LogP contribution < -0.4 is 5.32 Å². The lowest BCUT2D eigenvalue weighted by molar-refractivity contribution is 0.560. The third kappa shape index (κ3) is 2.47. The van der Waals surface area contributed by atoms with Crippen molar-refractivity contribution in [3.63, 3.8) is 0 Å². The molecule has 1 nitrogen and oxygen atoms in total. The number of nitrogens with one attached hydrogen (secondary N) is 1. The van der Waals surface area contributed by atoms with Crippen molar-refractivity contribution in [1.29, 1.82) is 0 Å². The van der Waals surface area contributed by atoms with E-state index in [0.717, 1.165) is 13.0 Å². The van der Waals surface area contributed by atoms with Gasteiger partial charge in [-0.2, -0.15) is 0 Å². The molecule has 1 aromatic heterocycles. The summed E-state index contributed by atoms with van der Waals surface area (Å²) >= 11 is 1.81. The Morgan fingerprint density at radius 1 is 1.75 bits per heavy atom. The van der Waals surface area contributed by atoms with Gasteiger partial charge in [0.1, 0.15) is 0 Å². The van der Waals surface area contributed by atoms with Gasteiger partial charge in [-0.25, -0.2) is 0 Å². The van der Waals surface area contributed by atoms with Crippen LogP contribution in [0.25, 0.3) is 0 Å². The Kier molecular flexibility index (Phi) is 4.05. The van der Waals surface area contributed by atoms with E-state index in [-0.39, 0.29) is 0 Å². The first-order valence-corrected chi connectivity index (χ1v) is 5.14. The first-order valence-electron chi connectivity index (χ1n) is 4.26. The summed E-state index contributed by atoms with van der Waals surface area (Å²) in [5, 5.41) is 5.53. The quantitative estimate of drug-likeness (QED) is 0.689. The van der Waals surface area contributed by atoms with Gasteiger partial charge in [0, 0.05) is 17.5 Å². The second-order valence-corrected chi connectivity index (χ2v) is 3.65. The summed E-state index contributed by atoms with van der Waals surface area (Å²) in [5.41, 5.74) is 0. The minimum atomic E-state index is 0.503. The predicted molar refractivity (Wildman–Crippen MR) is 55.6 cm³/mol. The maximum atomic E-state index is 3.69. The van der Waals surface area contributed by atoms with Gasteiger partial charge in [0.15, 0.2) is 0 Å². The van der Waals surface area contributed by atoms with Gasteiger partial charge < -0.3 is 5.32 Å². The van der Waals surface area contributed by atoms with Crippen LogP contribution in [-0.2, 0) is 0 Å². The van der Waals surface area contributed by atoms with Gasteiger partial charge in [-0.05, 0) is 17.9 Å². The fraction of sp³-hybridized carbons (Fsp3) is 0.400. The molecule has 0 aromatic carbocycles. The highest BCUT2D eigenvalue weighted by molar-refractivity contribution is 7.10. The van der Waals surface area contributed by atoms with E-state index in [1.54, 1.807) is 0 Å². The van der Waals surface area contributed by atoms with E-state index in [2.05, 4.69) is 36.3 Å². The third-order valence-corrected chi connectivity index (χ3v) is 2.79. The summed E-state index contributed by atoms with van der Waals surface area (Å²) in [5.74, 6) is 0. The molecular formula is C10H15NS. The zero-order chi connectivity index (χ0) is 8.81. The molecule has 1 N–H and O–H groups in total. The average Bonchev–Trinajstić information content (AvgIpc) is 2.59. The summed E-state index contributed by atoms with van der Waals surface area (Å²) in [7, 11) is 0. The highest BCUT2D eigenvalue weighted by Gasteiger charge is 2.07. The first-order chi connectivity index (χ1) is 5.88. The van der Waals surface area contributed by atoms with Crippen molar-refractivity contribution >= 4 is 11.3 Å². The van der Waals surface area contributed by atoms with Crippen LogP contribution in [-0.4, -0.2) is 6.54 Å². The molecule has 0 spiro atoms. The van der Waals surface area contributed by atoms with Gasteiger partial charge in [0.25, 0.3) is 0 Å². The van der Waals surface area contributed by atoms with Gasteiger partial charge in [-0.15, -0.1) is 17.9 Å². The Hall–Kier alpha value is -0.600. The van der Waals surface area contributed by atoms with Gasteiger partial charge in [-0.1, -0.05) is 19.1 Å². The number of thiophene rings is 1. The van der Waals surface area contributed by atoms with E-state index in [4.69, 9.17) is 0 Å². The van der Waals surface area contributed by atoms with Crippen molar-refractivity contribution in [2.45, 2.75) is 19.4 Å². The van der Waals surface area contributed by atoms with Crippen molar-refractivity contribution in [2.75, 3.05) is 6.54 Å². The van der Waals surface area contributed by atoms with E-state index in [1.807, 2.05) is 17.4 Å². The van der Waals surface area contributed by atoms with Crippen molar-refractivity contribution in [1.82, 2.24) is 5.32 Å². The number of hydrogen-bond donors (Lipinski definition) is 1. The summed E-state index contributed by atoms with van der Waals surface area (Å²) in [4.78, 5) is 1.42. The van der Waals surface area contributed by atoms with Crippen molar-refractivity contribution < 1.29 is 0 Å². The third-order valence-electron chi connectivity index (χ3n) is 1.80. The molecule has 0 aliphatic rings. The van der Waals surface area contributed by atoms with E-state index >= 15 is 0 Å². The fourth-order valence-corrected chi connectivity index (χ4v) is 2.05. The van der Waals surface area contributed by atoms with Gasteiger partial charge >= 0.3 is 0 Å². The van der Waals surface area contributed by atoms with Crippen LogP contribution in [0.4, 0.5) is 0 Å². The van der Waals surface area contributed by atoms with Crippen molar-refractivity contribution in [2.24, 2.45) is 0 Å². The standard InChI is InChI=1S/C10H15NS/c1-3-7-11-9(4-2)10-6-5-8-12-10/h3,5-6,8-9,11H,1,4,7H2,2H3. The highest BCUT2D eigenvalue weighted by atomic mass is 32.1. The second kappa shape index (κ2) is 5.12. The molecule has 1 aromatic rings. The average molecular weight is 181 g/mol. The molecule has 0 amide bonds. The maximum absolute atomic E-state index is 3.69. The molecule has 0 radical (unpaired) electrons. The molecule has 66 valence electrons. The van der Waals surface area contributed by atoms with E-state index in [1.165, 1.54) is 4.88 Å². The maximum Gasteiger partial charge on any atom is 0.0414 e. The lowest BCUT2D eigenvalue weighted by atomic mass is 10.2. The Morgan fingerprint density at radius 2 is 2.58 bits per heavy atom. The predicted octanol–water partition coefficient (Wildman–Crippen LogP) is 2.97. The highest BCUT2D eigenvalue weighted by Crippen LogP contribution is 2.21. The normalized spacial score (nSPS) is 12.8. The molecule has 0 aliphatic heterocycles. The van der Waals surface area contributed by atoms with E-state index < -0.39 is 0 Å². The van der Waals surface area contributed by atoms with Crippen molar-refractivity contribution in [3.8, 4) is 0 Å². The molecular weight excluding hydrogens is 166 g/mol. The molecule has 0 fully saturated rings. The lowest BCUT2D eigenvalue weighted by Gasteiger charge is -2.13. The van der Waals surface area contributed by atoms with Crippen LogP contribution in [0.3, 0.4) is 0 Å². The Balaban J connectivity index is 2.51. The molecule has 0 saturated carbocycles. The fourth-order valence-electron chi connectivity index (χ4n) is 1.16. The van der Waals surface area contributed by atoms with Crippen molar-refractivity contribution in [3.05, 3.63) is 35.0 Å². The Labute approximate surface area is 78.1 Å². The van der Waals surface area contributed by atoms with Crippen LogP contribution in [0.1, 0.15) is 24.3 Å².